The quantitative estimate of drug-likeness (QED) is 0.686. The van der Waals surface area contributed by atoms with Crippen molar-refractivity contribution in [2.45, 2.75) is 31.0 Å². The van der Waals surface area contributed by atoms with Gasteiger partial charge in [-0.25, -0.2) is 9.18 Å². The van der Waals surface area contributed by atoms with Gasteiger partial charge in [0.05, 0.1) is 19.7 Å². The van der Waals surface area contributed by atoms with Crippen molar-refractivity contribution in [1.29, 1.82) is 0 Å². The van der Waals surface area contributed by atoms with Crippen LogP contribution in [0.5, 0.6) is 0 Å². The Kier molecular flexibility index (Phi) is 3.33. The summed E-state index contributed by atoms with van der Waals surface area (Å²) in [5.41, 5.74) is -2.02. The van der Waals surface area contributed by atoms with Gasteiger partial charge in [0, 0.05) is 13.0 Å². The van der Waals surface area contributed by atoms with E-state index in [2.05, 4.69) is 10.1 Å². The Bertz CT molecular complexity index is 331. The van der Waals surface area contributed by atoms with Crippen LogP contribution in [0.3, 0.4) is 0 Å². The molecule has 1 N–H and O–H groups in total. The highest BCUT2D eigenvalue weighted by molar-refractivity contribution is 5.86. The minimum atomic E-state index is -2.02. The highest BCUT2D eigenvalue weighted by atomic mass is 19.1. The molecule has 5 nitrogen and oxygen atoms in total. The second-order valence-corrected chi connectivity index (χ2v) is 4.62. The molecule has 17 heavy (non-hydrogen) atoms. The molecule has 0 bridgehead atoms. The van der Waals surface area contributed by atoms with Gasteiger partial charge in [0.25, 0.3) is 0 Å². The van der Waals surface area contributed by atoms with Gasteiger partial charge >= 0.3 is 5.97 Å². The van der Waals surface area contributed by atoms with Gasteiger partial charge in [0.15, 0.2) is 0 Å². The summed E-state index contributed by atoms with van der Waals surface area (Å²) >= 11 is 0. The minimum Gasteiger partial charge on any atom is -0.467 e. The molecule has 2 aliphatic rings. The van der Waals surface area contributed by atoms with Crippen LogP contribution in [-0.2, 0) is 14.3 Å². The Labute approximate surface area is 99.3 Å². The van der Waals surface area contributed by atoms with E-state index >= 15 is 0 Å². The fourth-order valence-electron chi connectivity index (χ4n) is 2.43. The van der Waals surface area contributed by atoms with Crippen LogP contribution in [0.2, 0.25) is 0 Å². The predicted molar refractivity (Wildman–Crippen MR) is 58.1 cm³/mol. The lowest BCUT2D eigenvalue weighted by Crippen LogP contribution is -2.45. The summed E-state index contributed by atoms with van der Waals surface area (Å²) in [7, 11) is 1.16. The first-order valence-corrected chi connectivity index (χ1v) is 5.86. The Morgan fingerprint density at radius 2 is 2.29 bits per heavy atom. The largest absolute Gasteiger partial charge is 0.467 e. The van der Waals surface area contributed by atoms with Gasteiger partial charge in [-0.05, 0) is 19.4 Å². The summed E-state index contributed by atoms with van der Waals surface area (Å²) in [6.45, 7) is 0.918. The number of rotatable bonds is 2. The molecule has 2 saturated heterocycles. The maximum atomic E-state index is 14.1. The molecule has 0 aromatic rings. The first kappa shape index (κ1) is 12.3. The topological polar surface area (TPSA) is 58.6 Å². The molecule has 2 rings (SSSR count). The SMILES string of the molecule is COC(=O)C1(F)CCN(C(=O)C2CCCN2)C1. The molecule has 0 spiro atoms. The van der Waals surface area contributed by atoms with E-state index in [1.54, 1.807) is 0 Å². The van der Waals surface area contributed by atoms with E-state index in [4.69, 9.17) is 0 Å². The minimum absolute atomic E-state index is 0.0259. The molecule has 2 heterocycles. The van der Waals surface area contributed by atoms with Gasteiger partial charge in [-0.2, -0.15) is 0 Å². The van der Waals surface area contributed by atoms with Crippen LogP contribution in [0.4, 0.5) is 4.39 Å². The lowest BCUT2D eigenvalue weighted by atomic mass is 10.1. The normalized spacial score (nSPS) is 32.8. The van der Waals surface area contributed by atoms with Crippen molar-refractivity contribution in [3.8, 4) is 0 Å². The van der Waals surface area contributed by atoms with E-state index in [-0.39, 0.29) is 31.5 Å². The third kappa shape index (κ3) is 2.26. The number of halogens is 1. The molecule has 0 radical (unpaired) electrons. The molecule has 0 aromatic carbocycles. The lowest BCUT2D eigenvalue weighted by Gasteiger charge is -2.21. The Morgan fingerprint density at radius 1 is 1.53 bits per heavy atom. The number of likely N-dealkylation sites (tertiary alicyclic amines) is 1. The molecule has 1 amide bonds. The van der Waals surface area contributed by atoms with E-state index in [1.807, 2.05) is 0 Å². The molecule has 6 heteroatoms. The standard InChI is InChI=1S/C11H17FN2O3/c1-17-10(16)11(12)4-6-14(7-11)9(15)8-3-2-5-13-8/h8,13H,2-7H2,1H3. The van der Waals surface area contributed by atoms with Crippen LogP contribution in [0.25, 0.3) is 0 Å². The first-order chi connectivity index (χ1) is 8.07. The van der Waals surface area contributed by atoms with Crippen molar-refractivity contribution in [2.24, 2.45) is 0 Å². The van der Waals surface area contributed by atoms with Gasteiger partial charge in [0.2, 0.25) is 11.6 Å². The number of nitrogens with one attached hydrogen (secondary N) is 1. The van der Waals surface area contributed by atoms with Crippen molar-refractivity contribution < 1.29 is 18.7 Å². The second-order valence-electron chi connectivity index (χ2n) is 4.62. The zero-order valence-corrected chi connectivity index (χ0v) is 9.87. The Balaban J connectivity index is 1.97. The maximum absolute atomic E-state index is 14.1. The van der Waals surface area contributed by atoms with Crippen LogP contribution in [0, 0.1) is 0 Å². The van der Waals surface area contributed by atoms with Gasteiger partial charge in [-0.1, -0.05) is 0 Å². The summed E-state index contributed by atoms with van der Waals surface area (Å²) in [4.78, 5) is 24.7. The van der Waals surface area contributed by atoms with Crippen LogP contribution in [0.15, 0.2) is 0 Å². The fourth-order valence-corrected chi connectivity index (χ4v) is 2.43. The van der Waals surface area contributed by atoms with E-state index in [0.717, 1.165) is 26.5 Å². The average Bonchev–Trinajstić information content (AvgIpc) is 2.96. The molecule has 0 saturated carbocycles. The number of hydrogen-bond donors (Lipinski definition) is 1. The highest BCUT2D eigenvalue weighted by Gasteiger charge is 2.48. The fraction of sp³-hybridized carbons (Fsp3) is 0.818. The van der Waals surface area contributed by atoms with Crippen molar-refractivity contribution in [1.82, 2.24) is 10.2 Å². The van der Waals surface area contributed by atoms with E-state index < -0.39 is 11.6 Å². The summed E-state index contributed by atoms with van der Waals surface area (Å²) in [6.07, 6.45) is 1.77. The molecule has 2 unspecified atom stereocenters. The van der Waals surface area contributed by atoms with Crippen LogP contribution in [-0.4, -0.2) is 55.2 Å². The van der Waals surface area contributed by atoms with Gasteiger partial charge < -0.3 is 15.0 Å². The number of alkyl halides is 1. The highest BCUT2D eigenvalue weighted by Crippen LogP contribution is 2.28. The van der Waals surface area contributed by atoms with Crippen LogP contribution in [0.1, 0.15) is 19.3 Å². The zero-order valence-electron chi connectivity index (χ0n) is 9.87. The summed E-state index contributed by atoms with van der Waals surface area (Å²) in [5.74, 6) is -0.988. The van der Waals surface area contributed by atoms with Gasteiger partial charge in [0.1, 0.15) is 0 Å². The molecule has 2 fully saturated rings. The van der Waals surface area contributed by atoms with Crippen molar-refractivity contribution in [3.05, 3.63) is 0 Å². The number of amides is 1. The first-order valence-electron chi connectivity index (χ1n) is 5.86. The summed E-state index contributed by atoms with van der Waals surface area (Å²) < 4.78 is 18.5. The monoisotopic (exact) mass is 244 g/mol. The van der Waals surface area contributed by atoms with Crippen molar-refractivity contribution >= 4 is 11.9 Å². The Morgan fingerprint density at radius 3 is 2.88 bits per heavy atom. The predicted octanol–water partition coefficient (Wildman–Crippen LogP) is -0.148. The second kappa shape index (κ2) is 4.60. The molecular weight excluding hydrogens is 227 g/mol. The molecular formula is C11H17FN2O3. The number of nitrogens with zero attached hydrogens (tertiary/aromatic N) is 1. The van der Waals surface area contributed by atoms with Crippen molar-refractivity contribution in [3.63, 3.8) is 0 Å². The zero-order chi connectivity index (χ0) is 12.5. The van der Waals surface area contributed by atoms with Crippen molar-refractivity contribution in [2.75, 3.05) is 26.7 Å². The molecule has 0 aliphatic carbocycles. The van der Waals surface area contributed by atoms with E-state index in [0.29, 0.717) is 0 Å². The molecule has 2 aliphatic heterocycles. The van der Waals surface area contributed by atoms with E-state index in [9.17, 15) is 14.0 Å². The summed E-state index contributed by atoms with van der Waals surface area (Å²) in [6, 6.07) is -0.213. The summed E-state index contributed by atoms with van der Waals surface area (Å²) in [5, 5.41) is 3.07. The molecule has 0 aromatic heterocycles. The number of esters is 1. The number of hydrogen-bond acceptors (Lipinski definition) is 4. The number of carbonyl (C=O) groups is 2. The maximum Gasteiger partial charge on any atom is 0.345 e. The lowest BCUT2D eigenvalue weighted by molar-refractivity contribution is -0.154. The smallest absolute Gasteiger partial charge is 0.345 e. The third-order valence-corrected chi connectivity index (χ3v) is 3.44. The van der Waals surface area contributed by atoms with Crippen LogP contribution >= 0.6 is 0 Å². The van der Waals surface area contributed by atoms with Crippen LogP contribution < -0.4 is 5.32 Å². The third-order valence-electron chi connectivity index (χ3n) is 3.44. The van der Waals surface area contributed by atoms with Gasteiger partial charge in [-0.3, -0.25) is 4.79 Å². The number of ether oxygens (including phenoxy) is 1. The van der Waals surface area contributed by atoms with Gasteiger partial charge in [-0.15, -0.1) is 0 Å². The number of carbonyl (C=O) groups excluding carboxylic acids is 2. The number of methoxy groups -OCH3 is 1. The average molecular weight is 244 g/mol. The van der Waals surface area contributed by atoms with E-state index in [1.165, 1.54) is 4.90 Å². The Hall–Kier alpha value is -1.17. The molecule has 2 atom stereocenters. The molecule has 96 valence electrons.